The fourth-order valence-electron chi connectivity index (χ4n) is 5.15. The molecule has 0 saturated heterocycles. The Morgan fingerprint density at radius 2 is 1.40 bits per heavy atom. The van der Waals surface area contributed by atoms with Crippen LogP contribution in [-0.2, 0) is 19.6 Å². The molecular formula is C37H36N2O8S. The van der Waals surface area contributed by atoms with Crippen molar-refractivity contribution in [2.75, 3.05) is 23.7 Å². The van der Waals surface area contributed by atoms with Crippen LogP contribution in [0.3, 0.4) is 0 Å². The molecule has 0 atom stereocenters. The second-order valence-electron chi connectivity index (χ2n) is 11.5. The van der Waals surface area contributed by atoms with Gasteiger partial charge in [-0.2, -0.15) is 0 Å². The molecule has 0 bridgehead atoms. The molecule has 0 aliphatic heterocycles. The number of ether oxygens (including phenoxy) is 3. The van der Waals surface area contributed by atoms with E-state index in [1.54, 1.807) is 55.5 Å². The smallest absolute Gasteiger partial charge is 0.333 e. The Morgan fingerprint density at radius 3 is 2.02 bits per heavy atom. The number of carbonyl (C=O) groups excluding carboxylic acids is 3. The molecule has 3 N–H and O–H groups in total. The number of esters is 1. The molecule has 0 saturated carbocycles. The number of nitrogen functional groups attached to an aromatic ring is 1. The van der Waals surface area contributed by atoms with Gasteiger partial charge in [0.1, 0.15) is 11.5 Å². The van der Waals surface area contributed by atoms with Crippen LogP contribution in [0.15, 0.2) is 95.9 Å². The zero-order chi connectivity index (χ0) is 34.4. The maximum absolute atomic E-state index is 13.7. The van der Waals surface area contributed by atoms with Crippen molar-refractivity contribution in [2.45, 2.75) is 44.4 Å². The third kappa shape index (κ3) is 7.58. The minimum atomic E-state index is -4.16. The second-order valence-corrected chi connectivity index (χ2v) is 13.1. The summed E-state index contributed by atoms with van der Waals surface area (Å²) in [6.45, 7) is 7.86. The fraction of sp³-hybridized carbons (Fsp3) is 0.216. The summed E-state index contributed by atoms with van der Waals surface area (Å²) in [5.41, 5.74) is 7.56. The molecule has 0 spiro atoms. The van der Waals surface area contributed by atoms with Crippen molar-refractivity contribution in [2.24, 2.45) is 0 Å². The van der Waals surface area contributed by atoms with Gasteiger partial charge >= 0.3 is 5.97 Å². The number of hydrogen-bond acceptors (Lipinski definition) is 9. The number of ketones is 2. The van der Waals surface area contributed by atoms with E-state index in [2.05, 4.69) is 11.3 Å². The minimum Gasteiger partial charge on any atom is -0.494 e. The predicted molar refractivity (Wildman–Crippen MR) is 182 cm³/mol. The molecular weight excluding hydrogens is 632 g/mol. The number of unbranched alkanes of at least 4 members (excludes halogenated alkanes) is 3. The maximum atomic E-state index is 13.7. The zero-order valence-corrected chi connectivity index (χ0v) is 27.5. The normalized spacial score (nSPS) is 12.1. The predicted octanol–water partition coefficient (Wildman–Crippen LogP) is 7.00. The summed E-state index contributed by atoms with van der Waals surface area (Å²) in [5.74, 6) is -0.472. The van der Waals surface area contributed by atoms with Gasteiger partial charge in [-0.1, -0.05) is 48.5 Å². The molecule has 0 radical (unpaired) electrons. The van der Waals surface area contributed by atoms with Gasteiger partial charge in [-0.3, -0.25) is 14.3 Å². The number of aryl methyl sites for hydroxylation is 1. The second kappa shape index (κ2) is 14.6. The number of anilines is 2. The van der Waals surface area contributed by atoms with Crippen LogP contribution in [0.1, 0.15) is 70.0 Å². The Bertz CT molecular complexity index is 1990. The highest BCUT2D eigenvalue weighted by molar-refractivity contribution is 7.92. The summed E-state index contributed by atoms with van der Waals surface area (Å²) < 4.78 is 46.4. The molecule has 248 valence electrons. The Labute approximate surface area is 279 Å². The third-order valence-corrected chi connectivity index (χ3v) is 9.10. The number of benzene rings is 4. The van der Waals surface area contributed by atoms with Crippen LogP contribution in [0.25, 0.3) is 0 Å². The highest BCUT2D eigenvalue weighted by Gasteiger charge is 2.36. The molecule has 0 unspecified atom stereocenters. The molecule has 0 heterocycles. The first-order valence-electron chi connectivity index (χ1n) is 15.4. The molecule has 10 nitrogen and oxygen atoms in total. The van der Waals surface area contributed by atoms with Crippen LogP contribution in [0.4, 0.5) is 11.4 Å². The molecule has 4 aromatic carbocycles. The van der Waals surface area contributed by atoms with E-state index in [1.165, 1.54) is 30.3 Å². The Hall–Kier alpha value is -5.42. The highest BCUT2D eigenvalue weighted by Crippen LogP contribution is 2.43. The summed E-state index contributed by atoms with van der Waals surface area (Å²) in [5, 5.41) is 0. The van der Waals surface area contributed by atoms with E-state index < -0.39 is 21.6 Å². The summed E-state index contributed by atoms with van der Waals surface area (Å²) in [4.78, 5) is 38.8. The lowest BCUT2D eigenvalue weighted by atomic mass is 9.82. The first-order chi connectivity index (χ1) is 23.0. The van der Waals surface area contributed by atoms with Crippen molar-refractivity contribution in [1.82, 2.24) is 0 Å². The summed E-state index contributed by atoms with van der Waals surface area (Å²) in [6, 6.07) is 20.6. The third-order valence-electron chi connectivity index (χ3n) is 7.72. The van der Waals surface area contributed by atoms with Gasteiger partial charge in [0, 0.05) is 22.8 Å². The Kier molecular flexibility index (Phi) is 10.3. The quantitative estimate of drug-likeness (QED) is 0.0551. The standard InChI is InChI=1S/C37H36N2O8S/c1-23(2)37(42)46-21-9-5-4-8-20-45-25-14-16-26(17-15-25)47-31-22-30(39-48(43,44)27-18-12-24(3)13-19-27)32-33(34(31)38)36(41)29-11-7-6-10-28(29)35(32)40/h6-7,10-19,22,39H,1,4-5,8-9,20-21,38H2,2-3H3. The lowest BCUT2D eigenvalue weighted by Gasteiger charge is -2.24. The first kappa shape index (κ1) is 33.9. The van der Waals surface area contributed by atoms with E-state index in [0.29, 0.717) is 30.3 Å². The van der Waals surface area contributed by atoms with Crippen LogP contribution < -0.4 is 19.9 Å². The van der Waals surface area contributed by atoms with Gasteiger partial charge in [-0.25, -0.2) is 13.2 Å². The minimum absolute atomic E-state index is 0.00140. The van der Waals surface area contributed by atoms with E-state index in [1.807, 2.05) is 6.92 Å². The number of fused-ring (bicyclic) bond motifs is 2. The SMILES string of the molecule is C=C(C)C(=O)OCCCCCCOc1ccc(Oc2cc(NS(=O)(=O)c3ccc(C)cc3)c3c(c2N)C(=O)c2ccccc2C3=O)cc1. The fourth-order valence-corrected chi connectivity index (χ4v) is 6.21. The monoisotopic (exact) mass is 668 g/mol. The highest BCUT2D eigenvalue weighted by atomic mass is 32.2. The van der Waals surface area contributed by atoms with E-state index >= 15 is 0 Å². The number of nitrogens with one attached hydrogen (secondary N) is 1. The van der Waals surface area contributed by atoms with E-state index in [4.69, 9.17) is 19.9 Å². The van der Waals surface area contributed by atoms with Crippen molar-refractivity contribution < 1.29 is 37.0 Å². The van der Waals surface area contributed by atoms with Crippen LogP contribution in [0, 0.1) is 6.92 Å². The van der Waals surface area contributed by atoms with Crippen LogP contribution in [0.5, 0.6) is 17.2 Å². The molecule has 5 rings (SSSR count). The van der Waals surface area contributed by atoms with Gasteiger partial charge in [-0.05, 0) is 75.9 Å². The van der Waals surface area contributed by atoms with Crippen LogP contribution in [-0.4, -0.2) is 39.2 Å². The molecule has 1 aliphatic rings. The molecule has 0 fully saturated rings. The lowest BCUT2D eigenvalue weighted by molar-refractivity contribution is -0.139. The molecule has 0 aromatic heterocycles. The zero-order valence-electron chi connectivity index (χ0n) is 26.7. The number of hydrogen-bond donors (Lipinski definition) is 2. The van der Waals surface area contributed by atoms with E-state index in [9.17, 15) is 22.8 Å². The van der Waals surface area contributed by atoms with Crippen molar-refractivity contribution in [1.29, 1.82) is 0 Å². The number of rotatable bonds is 14. The number of sulfonamides is 1. The maximum Gasteiger partial charge on any atom is 0.333 e. The molecule has 11 heteroatoms. The van der Waals surface area contributed by atoms with E-state index in [-0.39, 0.29) is 50.2 Å². The summed E-state index contributed by atoms with van der Waals surface area (Å²) >= 11 is 0. The lowest BCUT2D eigenvalue weighted by Crippen LogP contribution is -2.25. The molecule has 1 aliphatic carbocycles. The number of carbonyl (C=O) groups is 3. The molecule has 0 amide bonds. The Balaban J connectivity index is 1.32. The Morgan fingerprint density at radius 1 is 0.812 bits per heavy atom. The molecule has 48 heavy (non-hydrogen) atoms. The van der Waals surface area contributed by atoms with Gasteiger partial charge in [0.05, 0.1) is 40.6 Å². The first-order valence-corrected chi connectivity index (χ1v) is 16.9. The van der Waals surface area contributed by atoms with Gasteiger partial charge in [0.2, 0.25) is 0 Å². The van der Waals surface area contributed by atoms with Gasteiger partial charge in [0.25, 0.3) is 10.0 Å². The average molecular weight is 669 g/mol. The van der Waals surface area contributed by atoms with Crippen LogP contribution in [0.2, 0.25) is 0 Å². The van der Waals surface area contributed by atoms with Gasteiger partial charge in [0.15, 0.2) is 17.3 Å². The van der Waals surface area contributed by atoms with Crippen molar-refractivity contribution in [3.63, 3.8) is 0 Å². The van der Waals surface area contributed by atoms with E-state index in [0.717, 1.165) is 31.2 Å². The topological polar surface area (TPSA) is 151 Å². The largest absolute Gasteiger partial charge is 0.494 e. The van der Waals surface area contributed by atoms with Gasteiger partial charge < -0.3 is 19.9 Å². The summed E-state index contributed by atoms with van der Waals surface area (Å²) in [6.07, 6.45) is 3.38. The average Bonchev–Trinajstić information content (AvgIpc) is 3.06. The number of nitrogens with two attached hydrogens (primary N) is 1. The van der Waals surface area contributed by atoms with Crippen LogP contribution >= 0.6 is 0 Å². The van der Waals surface area contributed by atoms with Crippen molar-refractivity contribution in [3.05, 3.63) is 119 Å². The van der Waals surface area contributed by atoms with Crippen molar-refractivity contribution >= 4 is 38.9 Å². The van der Waals surface area contributed by atoms with Crippen molar-refractivity contribution in [3.8, 4) is 17.2 Å². The molecule has 4 aromatic rings. The van der Waals surface area contributed by atoms with Gasteiger partial charge in [-0.15, -0.1) is 0 Å². The summed E-state index contributed by atoms with van der Waals surface area (Å²) in [7, 11) is -4.16.